The number of carbonyl (C=O) groups excluding carboxylic acids is 2. The van der Waals surface area contributed by atoms with Crippen molar-refractivity contribution in [3.05, 3.63) is 78.0 Å². The van der Waals surface area contributed by atoms with Crippen molar-refractivity contribution in [1.82, 2.24) is 10.2 Å². The van der Waals surface area contributed by atoms with E-state index in [0.717, 1.165) is 11.1 Å². The topological polar surface area (TPSA) is 58.6 Å². The third-order valence-corrected chi connectivity index (χ3v) is 4.23. The smallest absolute Gasteiger partial charge is 0.414 e. The van der Waals surface area contributed by atoms with Crippen LogP contribution >= 0.6 is 0 Å². The third-order valence-electron chi connectivity index (χ3n) is 4.23. The molecule has 0 unspecified atom stereocenters. The van der Waals surface area contributed by atoms with Gasteiger partial charge in [-0.1, -0.05) is 74.5 Å². The fourth-order valence-corrected chi connectivity index (χ4v) is 2.93. The van der Waals surface area contributed by atoms with Gasteiger partial charge in [0.25, 0.3) is 0 Å². The molecule has 0 radical (unpaired) electrons. The van der Waals surface area contributed by atoms with Gasteiger partial charge in [0, 0.05) is 6.20 Å². The van der Waals surface area contributed by atoms with E-state index < -0.39 is 12.1 Å². The molecule has 0 fully saturated rings. The molecule has 0 saturated heterocycles. The summed E-state index contributed by atoms with van der Waals surface area (Å²) >= 11 is 0. The monoisotopic (exact) mass is 350 g/mol. The number of hydrogen-bond donors (Lipinski definition) is 1. The highest BCUT2D eigenvalue weighted by Gasteiger charge is 2.36. The van der Waals surface area contributed by atoms with Gasteiger partial charge in [0.1, 0.15) is 12.6 Å². The molecule has 1 aliphatic rings. The lowest BCUT2D eigenvalue weighted by atomic mass is 9.99. The van der Waals surface area contributed by atoms with Gasteiger partial charge >= 0.3 is 6.09 Å². The molecule has 0 spiro atoms. The van der Waals surface area contributed by atoms with Crippen LogP contribution in [0.1, 0.15) is 25.0 Å². The second-order valence-electron chi connectivity index (χ2n) is 6.53. The molecule has 1 heterocycles. The lowest BCUT2D eigenvalue weighted by Gasteiger charge is -2.34. The molecule has 3 rings (SSSR count). The minimum Gasteiger partial charge on any atom is -0.444 e. The number of ether oxygens (including phenoxy) is 1. The Morgan fingerprint density at radius 3 is 2.31 bits per heavy atom. The zero-order valence-electron chi connectivity index (χ0n) is 14.9. The van der Waals surface area contributed by atoms with E-state index in [-0.39, 0.29) is 18.4 Å². The van der Waals surface area contributed by atoms with Crippen LogP contribution < -0.4 is 5.32 Å². The first-order valence-corrected chi connectivity index (χ1v) is 8.63. The zero-order chi connectivity index (χ0) is 18.5. The van der Waals surface area contributed by atoms with Crippen molar-refractivity contribution < 1.29 is 14.3 Å². The molecule has 26 heavy (non-hydrogen) atoms. The molecule has 2 aromatic rings. The number of hydrogen-bond acceptors (Lipinski definition) is 3. The first kappa shape index (κ1) is 17.7. The normalized spacial score (nSPS) is 16.9. The SMILES string of the molecule is CC(C)[C@H]1C(=O)NC(c2ccccc2)=CN1C(=O)OCc1ccccc1. The maximum atomic E-state index is 12.7. The van der Waals surface area contributed by atoms with Crippen LogP contribution in [0.2, 0.25) is 0 Å². The highest BCUT2D eigenvalue weighted by molar-refractivity contribution is 5.96. The maximum Gasteiger partial charge on any atom is 0.414 e. The molecule has 2 amide bonds. The standard InChI is InChI=1S/C21H22N2O3/c1-15(2)19-20(24)22-18(17-11-7-4-8-12-17)13-23(19)21(25)26-14-16-9-5-3-6-10-16/h3-13,15,19H,14H2,1-2H3,(H,22,24)/t19-/m0/s1. The number of amides is 2. The molecular formula is C21H22N2O3. The molecule has 2 aromatic carbocycles. The van der Waals surface area contributed by atoms with Crippen LogP contribution in [-0.4, -0.2) is 22.9 Å². The summed E-state index contributed by atoms with van der Waals surface area (Å²) in [4.78, 5) is 26.7. The third kappa shape index (κ3) is 3.94. The summed E-state index contributed by atoms with van der Waals surface area (Å²) in [6, 6.07) is 18.3. The second kappa shape index (κ2) is 7.87. The van der Waals surface area contributed by atoms with Gasteiger partial charge in [-0.25, -0.2) is 4.79 Å². The summed E-state index contributed by atoms with van der Waals surface area (Å²) in [5.41, 5.74) is 2.32. The van der Waals surface area contributed by atoms with Crippen LogP contribution in [0.5, 0.6) is 0 Å². The molecule has 5 heteroatoms. The molecule has 5 nitrogen and oxygen atoms in total. The molecule has 0 bridgehead atoms. The summed E-state index contributed by atoms with van der Waals surface area (Å²) < 4.78 is 5.44. The van der Waals surface area contributed by atoms with Crippen LogP contribution in [0, 0.1) is 5.92 Å². The van der Waals surface area contributed by atoms with E-state index in [1.165, 1.54) is 4.90 Å². The van der Waals surface area contributed by atoms with Crippen molar-refractivity contribution in [1.29, 1.82) is 0 Å². The molecule has 0 saturated carbocycles. The molecule has 134 valence electrons. The zero-order valence-corrected chi connectivity index (χ0v) is 14.9. The predicted octanol–water partition coefficient (Wildman–Crippen LogP) is 3.78. The second-order valence-corrected chi connectivity index (χ2v) is 6.53. The molecule has 0 aromatic heterocycles. The van der Waals surface area contributed by atoms with Gasteiger partial charge in [-0.2, -0.15) is 0 Å². The molecule has 1 atom stereocenters. The largest absolute Gasteiger partial charge is 0.444 e. The van der Waals surface area contributed by atoms with Crippen molar-refractivity contribution in [3.63, 3.8) is 0 Å². The fraction of sp³-hybridized carbons (Fsp3) is 0.238. The van der Waals surface area contributed by atoms with Gasteiger partial charge in [0.05, 0.1) is 5.70 Å². The van der Waals surface area contributed by atoms with E-state index in [9.17, 15) is 9.59 Å². The summed E-state index contributed by atoms with van der Waals surface area (Å²) in [6.45, 7) is 3.98. The predicted molar refractivity (Wildman–Crippen MR) is 99.7 cm³/mol. The van der Waals surface area contributed by atoms with E-state index in [0.29, 0.717) is 5.70 Å². The maximum absolute atomic E-state index is 12.7. The van der Waals surface area contributed by atoms with Gasteiger partial charge in [-0.3, -0.25) is 9.69 Å². The summed E-state index contributed by atoms with van der Waals surface area (Å²) in [5.74, 6) is -0.258. The van der Waals surface area contributed by atoms with Crippen LogP contribution in [0.25, 0.3) is 5.70 Å². The highest BCUT2D eigenvalue weighted by Crippen LogP contribution is 2.23. The van der Waals surface area contributed by atoms with E-state index in [1.807, 2.05) is 74.5 Å². The van der Waals surface area contributed by atoms with E-state index >= 15 is 0 Å². The Labute approximate surface area is 153 Å². The van der Waals surface area contributed by atoms with Crippen molar-refractivity contribution in [3.8, 4) is 0 Å². The van der Waals surface area contributed by atoms with E-state index in [1.54, 1.807) is 6.20 Å². The molecule has 1 aliphatic heterocycles. The summed E-state index contributed by atoms with van der Waals surface area (Å²) in [5, 5.41) is 2.90. The Hall–Kier alpha value is -3.08. The fourth-order valence-electron chi connectivity index (χ4n) is 2.93. The van der Waals surface area contributed by atoms with Crippen molar-refractivity contribution in [2.45, 2.75) is 26.5 Å². The van der Waals surface area contributed by atoms with E-state index in [4.69, 9.17) is 4.74 Å². The van der Waals surface area contributed by atoms with Crippen LogP contribution in [0.4, 0.5) is 4.79 Å². The molecular weight excluding hydrogens is 328 g/mol. The van der Waals surface area contributed by atoms with Gasteiger partial charge in [-0.05, 0) is 17.0 Å². The van der Waals surface area contributed by atoms with Crippen LogP contribution in [0.3, 0.4) is 0 Å². The summed E-state index contributed by atoms with van der Waals surface area (Å²) in [7, 11) is 0. The first-order chi connectivity index (χ1) is 12.6. The van der Waals surface area contributed by atoms with Crippen LogP contribution in [0.15, 0.2) is 66.9 Å². The van der Waals surface area contributed by atoms with Crippen molar-refractivity contribution in [2.75, 3.05) is 0 Å². The van der Waals surface area contributed by atoms with Crippen molar-refractivity contribution in [2.24, 2.45) is 5.92 Å². The average molecular weight is 350 g/mol. The quantitative estimate of drug-likeness (QED) is 0.913. The number of nitrogens with zero attached hydrogens (tertiary/aromatic N) is 1. The Morgan fingerprint density at radius 2 is 1.69 bits per heavy atom. The minimum absolute atomic E-state index is 0.0483. The number of rotatable bonds is 4. The van der Waals surface area contributed by atoms with Crippen molar-refractivity contribution >= 4 is 17.7 Å². The Morgan fingerprint density at radius 1 is 1.08 bits per heavy atom. The Balaban J connectivity index is 1.84. The molecule has 1 N–H and O–H groups in total. The van der Waals surface area contributed by atoms with Gasteiger partial charge in [-0.15, -0.1) is 0 Å². The average Bonchev–Trinajstić information content (AvgIpc) is 2.66. The highest BCUT2D eigenvalue weighted by atomic mass is 16.6. The first-order valence-electron chi connectivity index (χ1n) is 8.63. The number of benzene rings is 2. The van der Waals surface area contributed by atoms with Gasteiger partial charge < -0.3 is 10.1 Å². The Kier molecular flexibility index (Phi) is 5.37. The van der Waals surface area contributed by atoms with Gasteiger partial charge in [0.2, 0.25) is 5.91 Å². The number of carbonyl (C=O) groups is 2. The van der Waals surface area contributed by atoms with Crippen LogP contribution in [-0.2, 0) is 16.1 Å². The lowest BCUT2D eigenvalue weighted by Crippen LogP contribution is -2.53. The Bertz CT molecular complexity index is 801. The lowest BCUT2D eigenvalue weighted by molar-refractivity contribution is -0.126. The summed E-state index contributed by atoms with van der Waals surface area (Å²) in [6.07, 6.45) is 1.13. The molecule has 0 aliphatic carbocycles. The number of nitrogens with one attached hydrogen (secondary N) is 1. The van der Waals surface area contributed by atoms with Gasteiger partial charge in [0.15, 0.2) is 0 Å². The van der Waals surface area contributed by atoms with E-state index in [2.05, 4.69) is 5.32 Å². The minimum atomic E-state index is -0.606.